The average molecular weight is 187 g/mol. The Morgan fingerprint density at radius 3 is 2.77 bits per heavy atom. The SMILES string of the molecule is OC[C@@H]1[C@H](CO)ON2CCCC[C@@H]12. The maximum Gasteiger partial charge on any atom is 0.109 e. The molecule has 0 bridgehead atoms. The molecule has 2 N–H and O–H groups in total. The topological polar surface area (TPSA) is 52.9 Å². The number of aliphatic hydroxyl groups is 2. The maximum atomic E-state index is 9.19. The molecule has 4 heteroatoms. The minimum atomic E-state index is -0.187. The molecule has 0 aromatic heterocycles. The first-order chi connectivity index (χ1) is 6.36. The summed E-state index contributed by atoms with van der Waals surface area (Å²) >= 11 is 0. The highest BCUT2D eigenvalue weighted by atomic mass is 16.7. The van der Waals surface area contributed by atoms with E-state index in [0.717, 1.165) is 19.4 Å². The van der Waals surface area contributed by atoms with E-state index < -0.39 is 0 Å². The predicted octanol–water partition coefficient (Wildman–Crippen LogP) is -0.245. The standard InChI is InChI=1S/C9H17NO3/c11-5-7-8-3-1-2-4-10(8)13-9(7)6-12/h7-9,11-12H,1-6H2/t7-,8-,9-/m0/s1. The summed E-state index contributed by atoms with van der Waals surface area (Å²) < 4.78 is 0. The Bertz CT molecular complexity index is 172. The minimum Gasteiger partial charge on any atom is -0.396 e. The number of hydroxylamine groups is 2. The quantitative estimate of drug-likeness (QED) is 0.626. The van der Waals surface area contributed by atoms with Crippen molar-refractivity contribution in [1.29, 1.82) is 0 Å². The second kappa shape index (κ2) is 3.92. The van der Waals surface area contributed by atoms with Crippen molar-refractivity contribution in [2.45, 2.75) is 31.4 Å². The van der Waals surface area contributed by atoms with Gasteiger partial charge in [-0.05, 0) is 12.8 Å². The van der Waals surface area contributed by atoms with Crippen LogP contribution in [-0.2, 0) is 4.84 Å². The largest absolute Gasteiger partial charge is 0.396 e. The lowest BCUT2D eigenvalue weighted by atomic mass is 9.90. The van der Waals surface area contributed by atoms with Crippen molar-refractivity contribution in [2.75, 3.05) is 19.8 Å². The van der Waals surface area contributed by atoms with Crippen LogP contribution in [0.5, 0.6) is 0 Å². The fourth-order valence-electron chi connectivity index (χ4n) is 2.40. The van der Waals surface area contributed by atoms with Gasteiger partial charge >= 0.3 is 0 Å². The summed E-state index contributed by atoms with van der Waals surface area (Å²) in [4.78, 5) is 5.54. The van der Waals surface area contributed by atoms with Crippen molar-refractivity contribution in [3.8, 4) is 0 Å². The second-order valence-corrected chi connectivity index (χ2v) is 3.88. The van der Waals surface area contributed by atoms with Crippen molar-refractivity contribution in [3.05, 3.63) is 0 Å². The Labute approximate surface area is 78.1 Å². The number of rotatable bonds is 2. The molecule has 0 spiro atoms. The minimum absolute atomic E-state index is 0.0121. The first kappa shape index (κ1) is 9.40. The first-order valence-corrected chi connectivity index (χ1v) is 5.02. The molecule has 2 aliphatic rings. The van der Waals surface area contributed by atoms with Gasteiger partial charge in [0.15, 0.2) is 0 Å². The van der Waals surface area contributed by atoms with Crippen molar-refractivity contribution in [1.82, 2.24) is 5.06 Å². The van der Waals surface area contributed by atoms with Crippen LogP contribution in [0.4, 0.5) is 0 Å². The highest BCUT2D eigenvalue weighted by Crippen LogP contribution is 2.33. The van der Waals surface area contributed by atoms with E-state index >= 15 is 0 Å². The molecule has 0 aliphatic carbocycles. The van der Waals surface area contributed by atoms with E-state index in [1.54, 1.807) is 0 Å². The zero-order valence-electron chi connectivity index (χ0n) is 7.72. The molecule has 2 rings (SSSR count). The summed E-state index contributed by atoms with van der Waals surface area (Å²) in [6, 6.07) is 0.330. The summed E-state index contributed by atoms with van der Waals surface area (Å²) in [6.45, 7) is 1.07. The molecular formula is C9H17NO3. The van der Waals surface area contributed by atoms with Crippen LogP contribution in [0, 0.1) is 5.92 Å². The molecule has 2 fully saturated rings. The zero-order valence-corrected chi connectivity index (χ0v) is 7.72. The van der Waals surface area contributed by atoms with E-state index in [1.165, 1.54) is 6.42 Å². The van der Waals surface area contributed by atoms with Gasteiger partial charge < -0.3 is 10.2 Å². The average Bonchev–Trinajstić information content (AvgIpc) is 2.55. The van der Waals surface area contributed by atoms with Gasteiger partial charge in [0.2, 0.25) is 0 Å². The molecule has 2 heterocycles. The molecule has 2 saturated heterocycles. The summed E-state index contributed by atoms with van der Waals surface area (Å²) in [5.41, 5.74) is 0. The number of hydrogen-bond donors (Lipinski definition) is 2. The molecule has 13 heavy (non-hydrogen) atoms. The fraction of sp³-hybridized carbons (Fsp3) is 1.00. The molecule has 0 aromatic carbocycles. The van der Waals surface area contributed by atoms with Crippen LogP contribution in [0.25, 0.3) is 0 Å². The lowest BCUT2D eigenvalue weighted by Crippen LogP contribution is -2.37. The highest BCUT2D eigenvalue weighted by molar-refractivity contribution is 4.88. The van der Waals surface area contributed by atoms with Gasteiger partial charge in [-0.1, -0.05) is 6.42 Å². The summed E-state index contributed by atoms with van der Waals surface area (Å²) in [5.74, 6) is 0.102. The van der Waals surface area contributed by atoms with Crippen LogP contribution in [0.3, 0.4) is 0 Å². The Morgan fingerprint density at radius 1 is 1.23 bits per heavy atom. The predicted molar refractivity (Wildman–Crippen MR) is 46.9 cm³/mol. The Hall–Kier alpha value is -0.160. The normalized spacial score (nSPS) is 40.6. The van der Waals surface area contributed by atoms with Gasteiger partial charge in [-0.15, -0.1) is 0 Å². The van der Waals surface area contributed by atoms with Gasteiger partial charge in [0.25, 0.3) is 0 Å². The number of nitrogens with zero attached hydrogens (tertiary/aromatic N) is 1. The Kier molecular flexibility index (Phi) is 2.83. The van der Waals surface area contributed by atoms with E-state index in [9.17, 15) is 5.11 Å². The molecule has 0 aromatic rings. The monoisotopic (exact) mass is 187 g/mol. The lowest BCUT2D eigenvalue weighted by molar-refractivity contribution is -0.178. The van der Waals surface area contributed by atoms with Gasteiger partial charge in [-0.25, -0.2) is 0 Å². The third kappa shape index (κ3) is 1.59. The third-order valence-electron chi connectivity index (χ3n) is 3.13. The van der Waals surface area contributed by atoms with Crippen LogP contribution in [0.15, 0.2) is 0 Å². The van der Waals surface area contributed by atoms with Crippen molar-refractivity contribution >= 4 is 0 Å². The van der Waals surface area contributed by atoms with Gasteiger partial charge in [-0.3, -0.25) is 4.84 Å². The number of fused-ring (bicyclic) bond motifs is 1. The molecule has 4 nitrogen and oxygen atoms in total. The van der Waals surface area contributed by atoms with Crippen LogP contribution >= 0.6 is 0 Å². The van der Waals surface area contributed by atoms with E-state index in [4.69, 9.17) is 9.94 Å². The van der Waals surface area contributed by atoms with Crippen molar-refractivity contribution in [3.63, 3.8) is 0 Å². The third-order valence-corrected chi connectivity index (χ3v) is 3.13. The summed E-state index contributed by atoms with van der Waals surface area (Å²) in [7, 11) is 0. The smallest absolute Gasteiger partial charge is 0.109 e. The Morgan fingerprint density at radius 2 is 2.08 bits per heavy atom. The van der Waals surface area contributed by atoms with E-state index in [1.807, 2.05) is 5.06 Å². The fourth-order valence-corrected chi connectivity index (χ4v) is 2.40. The van der Waals surface area contributed by atoms with Gasteiger partial charge in [0, 0.05) is 18.5 Å². The highest BCUT2D eigenvalue weighted by Gasteiger charge is 2.43. The van der Waals surface area contributed by atoms with Gasteiger partial charge in [0.1, 0.15) is 6.10 Å². The van der Waals surface area contributed by atoms with Crippen LogP contribution in [-0.4, -0.2) is 47.2 Å². The molecule has 0 saturated carbocycles. The zero-order chi connectivity index (χ0) is 9.26. The molecule has 3 atom stereocenters. The molecule has 0 radical (unpaired) electrons. The van der Waals surface area contributed by atoms with Gasteiger partial charge in [-0.2, -0.15) is 5.06 Å². The van der Waals surface area contributed by atoms with Crippen molar-refractivity contribution in [2.24, 2.45) is 5.92 Å². The molecule has 2 aliphatic heterocycles. The van der Waals surface area contributed by atoms with E-state index in [2.05, 4.69) is 0 Å². The lowest BCUT2D eigenvalue weighted by Gasteiger charge is -2.29. The van der Waals surface area contributed by atoms with Gasteiger partial charge in [0.05, 0.1) is 13.2 Å². The molecular weight excluding hydrogens is 170 g/mol. The Balaban J connectivity index is 2.05. The maximum absolute atomic E-state index is 9.19. The molecule has 76 valence electrons. The van der Waals surface area contributed by atoms with E-state index in [-0.39, 0.29) is 25.2 Å². The first-order valence-electron chi connectivity index (χ1n) is 5.02. The van der Waals surface area contributed by atoms with Crippen LogP contribution in [0.2, 0.25) is 0 Å². The molecule has 0 amide bonds. The van der Waals surface area contributed by atoms with E-state index in [0.29, 0.717) is 6.04 Å². The second-order valence-electron chi connectivity index (χ2n) is 3.88. The number of aliphatic hydroxyl groups excluding tert-OH is 2. The molecule has 0 unspecified atom stereocenters. The summed E-state index contributed by atoms with van der Waals surface area (Å²) in [6.07, 6.45) is 3.27. The summed E-state index contributed by atoms with van der Waals surface area (Å²) in [5, 5.41) is 20.2. The number of piperidine rings is 1. The van der Waals surface area contributed by atoms with Crippen LogP contribution in [0.1, 0.15) is 19.3 Å². The number of hydrogen-bond acceptors (Lipinski definition) is 4. The van der Waals surface area contributed by atoms with Crippen LogP contribution < -0.4 is 0 Å². The van der Waals surface area contributed by atoms with Crippen molar-refractivity contribution < 1.29 is 15.1 Å².